The molecule has 2 N–H and O–H groups in total. The molecule has 1 aromatic carbocycles. The zero-order chi connectivity index (χ0) is 14.9. The Morgan fingerprint density at radius 3 is 2.52 bits per heavy atom. The Morgan fingerprint density at radius 1 is 1.10 bits per heavy atom. The van der Waals surface area contributed by atoms with E-state index in [1.165, 1.54) is 18.5 Å². The lowest BCUT2D eigenvalue weighted by molar-refractivity contribution is 0.198. The first-order chi connectivity index (χ1) is 10.3. The number of nitrogens with one attached hydrogen (secondary N) is 2. The first-order valence-corrected chi connectivity index (χ1v) is 6.81. The Balaban J connectivity index is 1.84. The number of nitrogens with zero attached hydrogens (tertiary/aromatic N) is 2. The van der Waals surface area contributed by atoms with Crippen LogP contribution in [0.25, 0.3) is 0 Å². The molecule has 0 aliphatic rings. The van der Waals surface area contributed by atoms with E-state index < -0.39 is 0 Å². The summed E-state index contributed by atoms with van der Waals surface area (Å²) >= 11 is 0. The summed E-state index contributed by atoms with van der Waals surface area (Å²) in [6, 6.07) is 8.22. The molecule has 1 aromatic heterocycles. The smallest absolute Gasteiger partial charge is 0.131 e. The molecule has 0 aliphatic heterocycles. The summed E-state index contributed by atoms with van der Waals surface area (Å²) in [6.07, 6.45) is 2.42. The van der Waals surface area contributed by atoms with Crippen LogP contribution < -0.4 is 10.6 Å². The van der Waals surface area contributed by atoms with Gasteiger partial charge in [0.2, 0.25) is 0 Å². The standard InChI is InChI=1S/C15H19FN4O/c1-21-8-2-7-17-14-9-15(20-11-19-14)18-10-12-3-5-13(16)6-4-12/h3-6,9,11H,2,7-8,10H2,1H3,(H2,17,18,19,20). The van der Waals surface area contributed by atoms with Crippen LogP contribution in [0.15, 0.2) is 36.7 Å². The SMILES string of the molecule is COCCCNc1cc(NCc2ccc(F)cc2)ncn1. The van der Waals surface area contributed by atoms with Crippen LogP contribution in [-0.2, 0) is 11.3 Å². The molecule has 21 heavy (non-hydrogen) atoms. The highest BCUT2D eigenvalue weighted by Gasteiger charge is 1.99. The highest BCUT2D eigenvalue weighted by atomic mass is 19.1. The zero-order valence-corrected chi connectivity index (χ0v) is 12.0. The van der Waals surface area contributed by atoms with Gasteiger partial charge in [-0.1, -0.05) is 12.1 Å². The molecule has 0 unspecified atom stereocenters. The van der Waals surface area contributed by atoms with Crippen LogP contribution in [0.5, 0.6) is 0 Å². The van der Waals surface area contributed by atoms with E-state index in [1.54, 1.807) is 19.2 Å². The number of ether oxygens (including phenoxy) is 1. The van der Waals surface area contributed by atoms with Gasteiger partial charge in [-0.15, -0.1) is 0 Å². The van der Waals surface area contributed by atoms with Gasteiger partial charge in [0.1, 0.15) is 23.8 Å². The molecule has 112 valence electrons. The van der Waals surface area contributed by atoms with Gasteiger partial charge in [0.25, 0.3) is 0 Å². The Bertz CT molecular complexity index is 548. The lowest BCUT2D eigenvalue weighted by atomic mass is 10.2. The fourth-order valence-electron chi connectivity index (χ4n) is 1.78. The van der Waals surface area contributed by atoms with Crippen molar-refractivity contribution in [3.63, 3.8) is 0 Å². The van der Waals surface area contributed by atoms with Crippen molar-refractivity contribution in [2.75, 3.05) is 30.9 Å². The number of benzene rings is 1. The molecule has 0 radical (unpaired) electrons. The van der Waals surface area contributed by atoms with E-state index in [4.69, 9.17) is 4.74 Å². The van der Waals surface area contributed by atoms with Crippen LogP contribution >= 0.6 is 0 Å². The lowest BCUT2D eigenvalue weighted by Gasteiger charge is -2.08. The Kier molecular flexibility index (Phi) is 5.90. The summed E-state index contributed by atoms with van der Waals surface area (Å²) in [4.78, 5) is 8.31. The molecule has 2 rings (SSSR count). The maximum atomic E-state index is 12.8. The van der Waals surface area contributed by atoms with E-state index in [1.807, 2.05) is 6.07 Å². The van der Waals surface area contributed by atoms with Gasteiger partial charge in [0.15, 0.2) is 0 Å². The highest BCUT2D eigenvalue weighted by molar-refractivity contribution is 5.46. The van der Waals surface area contributed by atoms with Gasteiger partial charge in [-0.05, 0) is 24.1 Å². The predicted molar refractivity (Wildman–Crippen MR) is 80.7 cm³/mol. The van der Waals surface area contributed by atoms with E-state index in [0.717, 1.165) is 30.2 Å². The van der Waals surface area contributed by atoms with E-state index in [9.17, 15) is 4.39 Å². The molecule has 2 aromatic rings. The molecular formula is C15H19FN4O. The van der Waals surface area contributed by atoms with Gasteiger partial charge in [-0.25, -0.2) is 14.4 Å². The van der Waals surface area contributed by atoms with Crippen molar-refractivity contribution in [2.45, 2.75) is 13.0 Å². The number of methoxy groups -OCH3 is 1. The maximum Gasteiger partial charge on any atom is 0.131 e. The van der Waals surface area contributed by atoms with Crippen LogP contribution in [0, 0.1) is 5.82 Å². The summed E-state index contributed by atoms with van der Waals surface area (Å²) in [5.74, 6) is 1.26. The molecule has 0 amide bonds. The van der Waals surface area contributed by atoms with Crippen LogP contribution in [0.2, 0.25) is 0 Å². The van der Waals surface area contributed by atoms with Crippen molar-refractivity contribution in [3.05, 3.63) is 48.0 Å². The van der Waals surface area contributed by atoms with E-state index >= 15 is 0 Å². The number of rotatable bonds is 8. The third-order valence-electron chi connectivity index (χ3n) is 2.89. The van der Waals surface area contributed by atoms with Gasteiger partial charge in [-0.3, -0.25) is 0 Å². The molecule has 0 saturated carbocycles. The molecule has 0 saturated heterocycles. The quantitative estimate of drug-likeness (QED) is 0.732. The van der Waals surface area contributed by atoms with Crippen molar-refractivity contribution < 1.29 is 9.13 Å². The lowest BCUT2D eigenvalue weighted by Crippen LogP contribution is -2.07. The fraction of sp³-hybridized carbons (Fsp3) is 0.333. The van der Waals surface area contributed by atoms with Crippen molar-refractivity contribution in [1.29, 1.82) is 0 Å². The maximum absolute atomic E-state index is 12.8. The topological polar surface area (TPSA) is 59.1 Å². The fourth-order valence-corrected chi connectivity index (χ4v) is 1.78. The molecule has 0 spiro atoms. The molecular weight excluding hydrogens is 271 g/mol. The van der Waals surface area contributed by atoms with Crippen LogP contribution in [0.4, 0.5) is 16.0 Å². The highest BCUT2D eigenvalue weighted by Crippen LogP contribution is 2.10. The summed E-state index contributed by atoms with van der Waals surface area (Å²) in [7, 11) is 1.68. The predicted octanol–water partition coefficient (Wildman–Crippen LogP) is 2.68. The van der Waals surface area contributed by atoms with Crippen molar-refractivity contribution >= 4 is 11.6 Å². The van der Waals surface area contributed by atoms with Crippen LogP contribution in [0.3, 0.4) is 0 Å². The van der Waals surface area contributed by atoms with Gasteiger partial charge in [-0.2, -0.15) is 0 Å². The minimum atomic E-state index is -0.233. The molecule has 0 atom stereocenters. The summed E-state index contributed by atoms with van der Waals surface area (Å²) in [5.41, 5.74) is 0.990. The van der Waals surface area contributed by atoms with Gasteiger partial charge >= 0.3 is 0 Å². The van der Waals surface area contributed by atoms with Crippen LogP contribution in [-0.4, -0.2) is 30.2 Å². The monoisotopic (exact) mass is 290 g/mol. The number of hydrogen-bond donors (Lipinski definition) is 2. The number of anilines is 2. The minimum Gasteiger partial charge on any atom is -0.385 e. The first kappa shape index (κ1) is 15.2. The minimum absolute atomic E-state index is 0.233. The van der Waals surface area contributed by atoms with Crippen molar-refractivity contribution in [3.8, 4) is 0 Å². The largest absolute Gasteiger partial charge is 0.385 e. The molecule has 0 aliphatic carbocycles. The second kappa shape index (κ2) is 8.16. The number of halogens is 1. The average molecular weight is 290 g/mol. The normalized spacial score (nSPS) is 10.4. The zero-order valence-electron chi connectivity index (χ0n) is 12.0. The first-order valence-electron chi connectivity index (χ1n) is 6.81. The molecule has 0 fully saturated rings. The van der Waals surface area contributed by atoms with Gasteiger partial charge < -0.3 is 15.4 Å². The third kappa shape index (κ3) is 5.35. The number of hydrogen-bond acceptors (Lipinski definition) is 5. The van der Waals surface area contributed by atoms with Crippen molar-refractivity contribution in [1.82, 2.24) is 9.97 Å². The van der Waals surface area contributed by atoms with Gasteiger partial charge in [0.05, 0.1) is 0 Å². The molecule has 6 heteroatoms. The second-order valence-corrected chi connectivity index (χ2v) is 4.54. The van der Waals surface area contributed by atoms with Gasteiger partial charge in [0, 0.05) is 32.9 Å². The number of aromatic nitrogens is 2. The van der Waals surface area contributed by atoms with E-state index in [-0.39, 0.29) is 5.82 Å². The molecule has 5 nitrogen and oxygen atoms in total. The second-order valence-electron chi connectivity index (χ2n) is 4.54. The Labute approximate surface area is 123 Å². The van der Waals surface area contributed by atoms with E-state index in [0.29, 0.717) is 13.2 Å². The Morgan fingerprint density at radius 2 is 1.81 bits per heavy atom. The summed E-state index contributed by atoms with van der Waals surface area (Å²) in [5, 5.41) is 6.39. The van der Waals surface area contributed by atoms with E-state index in [2.05, 4.69) is 20.6 Å². The molecule has 1 heterocycles. The summed E-state index contributed by atoms with van der Waals surface area (Å²) < 4.78 is 17.8. The summed E-state index contributed by atoms with van der Waals surface area (Å²) in [6.45, 7) is 2.09. The van der Waals surface area contributed by atoms with Crippen molar-refractivity contribution in [2.24, 2.45) is 0 Å². The van der Waals surface area contributed by atoms with Crippen LogP contribution in [0.1, 0.15) is 12.0 Å². The average Bonchev–Trinajstić information content (AvgIpc) is 2.52. The third-order valence-corrected chi connectivity index (χ3v) is 2.89. The molecule has 0 bridgehead atoms. The Hall–Kier alpha value is -2.21.